The van der Waals surface area contributed by atoms with Gasteiger partial charge in [0.1, 0.15) is 11.6 Å². The Labute approximate surface area is 453 Å². The lowest BCUT2D eigenvalue weighted by molar-refractivity contribution is -0.146. The Morgan fingerprint density at radius 2 is 0.632 bits per heavy atom. The molecule has 1 N–H and O–H groups in total. The minimum absolute atomic E-state index is 0. The number of ketones is 3. The Hall–Kier alpha value is -6.47. The van der Waals surface area contributed by atoms with Gasteiger partial charge in [-0.25, -0.2) is 0 Å². The second-order valence-electron chi connectivity index (χ2n) is 19.5. The summed E-state index contributed by atoms with van der Waals surface area (Å²) < 4.78 is 0. The molecule has 0 aliphatic carbocycles. The van der Waals surface area contributed by atoms with Gasteiger partial charge in [-0.3, -0.25) is 67.1 Å². The van der Waals surface area contributed by atoms with Crippen molar-refractivity contribution in [2.24, 2.45) is 11.8 Å². The fraction of sp³-hybridized carbons (Fsp3) is 0.720. The van der Waals surface area contributed by atoms with Crippen LogP contribution in [0.25, 0.3) is 0 Å². The quantitative estimate of drug-likeness (QED) is 0.0712. The highest BCUT2D eigenvalue weighted by Crippen LogP contribution is 2.11. The van der Waals surface area contributed by atoms with Crippen molar-refractivity contribution in [3.8, 4) is 0 Å². The van der Waals surface area contributed by atoms with E-state index in [1.54, 1.807) is 20.8 Å². The smallest absolute Gasteiger partial charge is 0.242 e. The summed E-state index contributed by atoms with van der Waals surface area (Å²) in [7, 11) is 13.5. The van der Waals surface area contributed by atoms with Crippen molar-refractivity contribution in [2.45, 2.75) is 80.2 Å². The third-order valence-electron chi connectivity index (χ3n) is 11.8. The lowest BCUT2D eigenvalue weighted by Gasteiger charge is -2.27. The van der Waals surface area contributed by atoms with E-state index in [0.29, 0.717) is 30.8 Å². The number of carbonyl (C=O) groups is 14. The number of carbonyl (C=O) groups excluding carboxylic acids is 14. The van der Waals surface area contributed by atoms with E-state index < -0.39 is 117 Å². The molecular weight excluding hydrogens is 1010 g/mol. The SMILES string of the molecule is C.CC(C)C(=O)CCCSCC(=O)CCCC(=O)N(C)CC(=O)N(C)CC(=O)N(C)CC(=O)N(C)CC(=O)N(C)CC(=O)N(C)CC(=O)N(C)CC(=O)N(C)CC(=O)N(C)CC(=O)N(C)CC(=O)N[C@@H](C)C(=O)C(C)C. The summed E-state index contributed by atoms with van der Waals surface area (Å²) in [6.07, 6.45) is 1.76. The molecule has 11 amide bonds. The molecule has 432 valence electrons. The topological polar surface area (TPSA) is 283 Å². The first-order valence-electron chi connectivity index (χ1n) is 24.5. The van der Waals surface area contributed by atoms with Crippen LogP contribution in [-0.4, -0.2) is 285 Å². The van der Waals surface area contributed by atoms with Gasteiger partial charge in [-0.05, 0) is 25.5 Å². The van der Waals surface area contributed by atoms with Gasteiger partial charge >= 0.3 is 0 Å². The van der Waals surface area contributed by atoms with Crippen LogP contribution in [-0.2, 0) is 67.1 Å². The van der Waals surface area contributed by atoms with Crippen LogP contribution in [0.1, 0.15) is 74.1 Å². The van der Waals surface area contributed by atoms with Crippen molar-refractivity contribution < 1.29 is 67.1 Å². The first kappa shape index (κ1) is 71.6. The number of thioether (sulfide) groups is 1. The third kappa shape index (κ3) is 27.9. The number of nitrogens with zero attached hydrogens (tertiary/aromatic N) is 10. The maximum atomic E-state index is 13.0. The predicted octanol–water partition coefficient (Wildman–Crippen LogP) is -1.59. The highest BCUT2D eigenvalue weighted by molar-refractivity contribution is 7.99. The van der Waals surface area contributed by atoms with Crippen molar-refractivity contribution in [2.75, 3.05) is 147 Å². The zero-order valence-corrected chi connectivity index (χ0v) is 47.7. The minimum Gasteiger partial charge on any atom is -0.345 e. The summed E-state index contributed by atoms with van der Waals surface area (Å²) in [6.45, 7) is 4.41. The summed E-state index contributed by atoms with van der Waals surface area (Å²) in [4.78, 5) is 188. The molecule has 25 nitrogen and oxygen atoms in total. The van der Waals surface area contributed by atoms with E-state index in [1.165, 1.54) is 87.1 Å². The van der Waals surface area contributed by atoms with Gasteiger partial charge in [0.25, 0.3) is 0 Å². The minimum atomic E-state index is -0.738. The van der Waals surface area contributed by atoms with Crippen LogP contribution in [0.5, 0.6) is 0 Å². The number of nitrogens with one attached hydrogen (secondary N) is 1. The first-order valence-corrected chi connectivity index (χ1v) is 25.7. The van der Waals surface area contributed by atoms with Gasteiger partial charge in [-0.15, -0.1) is 0 Å². The Kier molecular flexibility index (Phi) is 33.7. The summed E-state index contributed by atoms with van der Waals surface area (Å²) in [5.41, 5.74) is 0. The van der Waals surface area contributed by atoms with Crippen molar-refractivity contribution in [1.29, 1.82) is 0 Å². The van der Waals surface area contributed by atoms with Gasteiger partial charge in [-0.2, -0.15) is 11.8 Å². The number of rotatable bonds is 34. The number of amides is 11. The lowest BCUT2D eigenvalue weighted by Crippen LogP contribution is -2.49. The molecule has 26 heteroatoms. The van der Waals surface area contributed by atoms with Crippen LogP contribution in [0.15, 0.2) is 0 Å². The Bertz CT molecular complexity index is 2070. The zero-order chi connectivity index (χ0) is 58.0. The molecule has 0 bridgehead atoms. The van der Waals surface area contributed by atoms with E-state index in [0.717, 1.165) is 44.1 Å². The molecule has 0 aliphatic heterocycles. The molecule has 0 unspecified atom stereocenters. The fourth-order valence-electron chi connectivity index (χ4n) is 6.39. The van der Waals surface area contributed by atoms with Crippen molar-refractivity contribution in [3.63, 3.8) is 0 Å². The molecular formula is C50H87N11O14S. The monoisotopic (exact) mass is 1100 g/mol. The Balaban J connectivity index is 0. The van der Waals surface area contributed by atoms with Gasteiger partial charge in [-0.1, -0.05) is 35.1 Å². The van der Waals surface area contributed by atoms with E-state index in [2.05, 4.69) is 5.32 Å². The normalized spacial score (nSPS) is 11.0. The molecule has 0 aromatic rings. The lowest BCUT2D eigenvalue weighted by atomic mass is 10.0. The highest BCUT2D eigenvalue weighted by atomic mass is 32.2. The van der Waals surface area contributed by atoms with E-state index in [9.17, 15) is 67.1 Å². The van der Waals surface area contributed by atoms with Crippen LogP contribution < -0.4 is 5.32 Å². The number of hydrogen-bond acceptors (Lipinski definition) is 15. The molecule has 0 aromatic heterocycles. The first-order chi connectivity index (χ1) is 34.7. The van der Waals surface area contributed by atoms with E-state index in [-0.39, 0.29) is 68.5 Å². The molecule has 0 spiro atoms. The molecule has 0 aliphatic rings. The van der Waals surface area contributed by atoms with Crippen LogP contribution in [0.4, 0.5) is 0 Å². The summed E-state index contributed by atoms with van der Waals surface area (Å²) in [6, 6.07) is -0.738. The van der Waals surface area contributed by atoms with Crippen LogP contribution in [0, 0.1) is 11.8 Å². The summed E-state index contributed by atoms with van der Waals surface area (Å²) >= 11 is 1.45. The molecule has 76 heavy (non-hydrogen) atoms. The van der Waals surface area contributed by atoms with Crippen molar-refractivity contribution >= 4 is 94.1 Å². The Morgan fingerprint density at radius 3 is 0.908 bits per heavy atom. The largest absolute Gasteiger partial charge is 0.345 e. The fourth-order valence-corrected chi connectivity index (χ4v) is 7.26. The van der Waals surface area contributed by atoms with Gasteiger partial charge < -0.3 is 54.3 Å². The molecule has 0 saturated carbocycles. The molecule has 0 fully saturated rings. The molecule has 1 atom stereocenters. The highest BCUT2D eigenvalue weighted by Gasteiger charge is 2.27. The molecule has 0 saturated heterocycles. The average molecular weight is 1100 g/mol. The standard InChI is InChI=1S/C49H83N11O14S.CH4/c1-33(2)37(62)19-17-21-75-32-36(61)18-16-20-39(64)52(7)23-41(66)54(9)25-43(68)56(11)27-45(70)58(13)29-47(72)60(15)31-48(73)59(14)30-46(71)57(12)28-44(69)55(10)26-42(67)53(8)24-40(65)51(6)22-38(63)50-35(5)49(74)34(3)4;/h33-35H,16-32H2,1-15H3,(H,50,63);1H4/t35-;/m0./s1. The van der Waals surface area contributed by atoms with Gasteiger partial charge in [0, 0.05) is 102 Å². The van der Waals surface area contributed by atoms with E-state index in [1.807, 2.05) is 13.8 Å². The Morgan fingerprint density at radius 1 is 0.355 bits per heavy atom. The summed E-state index contributed by atoms with van der Waals surface area (Å²) in [5, 5.41) is 2.54. The number of likely N-dealkylation sites (N-methyl/N-ethyl adjacent to an activating group) is 10. The van der Waals surface area contributed by atoms with Crippen LogP contribution >= 0.6 is 11.8 Å². The van der Waals surface area contributed by atoms with Crippen molar-refractivity contribution in [3.05, 3.63) is 0 Å². The number of hydrogen-bond donors (Lipinski definition) is 1. The maximum Gasteiger partial charge on any atom is 0.242 e. The van der Waals surface area contributed by atoms with E-state index >= 15 is 0 Å². The third-order valence-corrected chi connectivity index (χ3v) is 12.9. The molecule has 0 rings (SSSR count). The van der Waals surface area contributed by atoms with Gasteiger partial charge in [0.05, 0.1) is 77.2 Å². The number of Topliss-reactive ketones (excluding diaryl/α,β-unsaturated/α-hetero) is 3. The molecule has 0 heterocycles. The maximum absolute atomic E-state index is 13.0. The van der Waals surface area contributed by atoms with Gasteiger partial charge in [0.2, 0.25) is 65.0 Å². The summed E-state index contributed by atoms with van der Waals surface area (Å²) in [5.74, 6) is -5.67. The molecule has 0 aromatic carbocycles. The van der Waals surface area contributed by atoms with Crippen molar-refractivity contribution in [1.82, 2.24) is 54.3 Å². The predicted molar refractivity (Wildman–Crippen MR) is 286 cm³/mol. The van der Waals surface area contributed by atoms with E-state index in [4.69, 9.17) is 0 Å². The van der Waals surface area contributed by atoms with Crippen LogP contribution in [0.2, 0.25) is 0 Å². The second kappa shape index (κ2) is 35.7. The average Bonchev–Trinajstić information content (AvgIpc) is 3.32. The molecule has 0 radical (unpaired) electrons. The second-order valence-corrected chi connectivity index (χ2v) is 20.6. The van der Waals surface area contributed by atoms with Gasteiger partial charge in [0.15, 0.2) is 5.78 Å². The van der Waals surface area contributed by atoms with Crippen LogP contribution in [0.3, 0.4) is 0 Å². The zero-order valence-electron chi connectivity index (χ0n) is 46.8.